The number of sulfonamides is 1. The molecule has 0 saturated carbocycles. The summed E-state index contributed by atoms with van der Waals surface area (Å²) in [6.07, 6.45) is -3.33. The first-order valence-electron chi connectivity index (χ1n) is 16.7. The average Bonchev–Trinajstić information content (AvgIpc) is 3.09. The Morgan fingerprint density at radius 3 is 2.35 bits per heavy atom. The fourth-order valence-corrected chi connectivity index (χ4v) is 6.65. The number of aliphatic hydroxyl groups is 1. The van der Waals surface area contributed by atoms with Gasteiger partial charge in [-0.05, 0) is 87.7 Å². The molecule has 51 heavy (non-hydrogen) atoms. The summed E-state index contributed by atoms with van der Waals surface area (Å²) in [4.78, 5) is 30.3. The zero-order valence-corrected chi connectivity index (χ0v) is 29.8. The maximum atomic E-state index is 14.3. The number of likely N-dealkylation sites (N-methyl/N-ethyl adjacent to an activating group) is 1. The highest BCUT2D eigenvalue weighted by atomic mass is 32.2. The molecule has 1 heterocycles. The number of urea groups is 1. The number of carbonyl (C=O) groups is 2. The van der Waals surface area contributed by atoms with E-state index < -0.39 is 45.8 Å². The number of alkyl halides is 3. The number of nitrogens with zero attached hydrogens (tertiary/aromatic N) is 2. The second-order valence-corrected chi connectivity index (χ2v) is 14.5. The zero-order valence-electron chi connectivity index (χ0n) is 29.0. The smallest absolute Gasteiger partial charge is 0.416 e. The van der Waals surface area contributed by atoms with Crippen molar-refractivity contribution < 1.29 is 45.8 Å². The molecule has 0 aliphatic carbocycles. The van der Waals surface area contributed by atoms with E-state index in [-0.39, 0.29) is 59.3 Å². The van der Waals surface area contributed by atoms with Gasteiger partial charge in [-0.3, -0.25) is 9.52 Å². The van der Waals surface area contributed by atoms with Crippen LogP contribution in [-0.2, 0) is 20.9 Å². The highest BCUT2D eigenvalue weighted by Gasteiger charge is 2.32. The minimum absolute atomic E-state index is 0.0506. The minimum atomic E-state index is -4.50. The van der Waals surface area contributed by atoms with Gasteiger partial charge in [-0.15, -0.1) is 0 Å². The van der Waals surface area contributed by atoms with Gasteiger partial charge in [0.05, 0.1) is 40.9 Å². The van der Waals surface area contributed by atoms with Crippen LogP contribution in [0.1, 0.15) is 56.0 Å². The molecule has 11 nitrogen and oxygen atoms in total. The van der Waals surface area contributed by atoms with Crippen LogP contribution in [0, 0.1) is 5.92 Å². The van der Waals surface area contributed by atoms with Crippen LogP contribution in [0.4, 0.5) is 29.3 Å². The molecule has 0 fully saturated rings. The van der Waals surface area contributed by atoms with E-state index in [9.17, 15) is 36.3 Å². The van der Waals surface area contributed by atoms with E-state index in [2.05, 4.69) is 10.0 Å². The Hall–Kier alpha value is -4.34. The largest absolute Gasteiger partial charge is 0.490 e. The number of hydrogen-bond acceptors (Lipinski definition) is 7. The van der Waals surface area contributed by atoms with E-state index in [1.807, 2.05) is 13.8 Å². The first-order chi connectivity index (χ1) is 24.1. The average molecular weight is 735 g/mol. The predicted molar refractivity (Wildman–Crippen MR) is 187 cm³/mol. The van der Waals surface area contributed by atoms with Crippen molar-refractivity contribution in [3.63, 3.8) is 0 Å². The van der Waals surface area contributed by atoms with Crippen molar-refractivity contribution in [3.8, 4) is 5.75 Å². The van der Waals surface area contributed by atoms with Crippen molar-refractivity contribution in [2.24, 2.45) is 5.92 Å². The molecule has 0 unspecified atom stereocenters. The van der Waals surface area contributed by atoms with Gasteiger partial charge in [0.25, 0.3) is 15.9 Å². The molecule has 278 valence electrons. The lowest BCUT2D eigenvalue weighted by Gasteiger charge is -2.35. The second-order valence-electron chi connectivity index (χ2n) is 12.8. The molecule has 3 aromatic rings. The van der Waals surface area contributed by atoms with Crippen molar-refractivity contribution in [1.29, 1.82) is 0 Å². The van der Waals surface area contributed by atoms with Crippen molar-refractivity contribution in [2.75, 3.05) is 43.4 Å². The normalized spacial score (nSPS) is 20.0. The Labute approximate surface area is 296 Å². The maximum Gasteiger partial charge on any atom is 0.416 e. The molecular formula is C36H45F3N4O7S. The summed E-state index contributed by atoms with van der Waals surface area (Å²) in [6.45, 7) is 5.58. The maximum absolute atomic E-state index is 14.3. The van der Waals surface area contributed by atoms with Crippen LogP contribution < -0.4 is 14.8 Å². The predicted octanol–water partition coefficient (Wildman–Crippen LogP) is 6.47. The summed E-state index contributed by atoms with van der Waals surface area (Å²) in [5.74, 6) is -0.617. The number of halogens is 3. The molecule has 3 amide bonds. The summed E-state index contributed by atoms with van der Waals surface area (Å²) in [5.41, 5.74) is -0.394. The van der Waals surface area contributed by atoms with E-state index in [0.29, 0.717) is 19.4 Å². The zero-order chi connectivity index (χ0) is 37.3. The molecule has 4 atom stereocenters. The quantitative estimate of drug-likeness (QED) is 0.242. The van der Waals surface area contributed by atoms with Crippen LogP contribution in [0.15, 0.2) is 77.7 Å². The minimum Gasteiger partial charge on any atom is -0.490 e. The summed E-state index contributed by atoms with van der Waals surface area (Å²) in [5, 5.41) is 12.8. The second kappa shape index (κ2) is 17.2. The molecule has 15 heteroatoms. The first kappa shape index (κ1) is 39.4. The SMILES string of the molecule is C[C@@H]1CN([C@@H](C)CO)C(=O)c2cc(NS(=O)(=O)c3ccccc3)ccc2O[C@@H](C)CCCCO[C@H]1CN(C)C(=O)Nc1ccc(C(F)(F)F)cc1. The van der Waals surface area contributed by atoms with E-state index in [1.165, 1.54) is 53.2 Å². The number of hydrogen-bond donors (Lipinski definition) is 3. The highest BCUT2D eigenvalue weighted by molar-refractivity contribution is 7.92. The van der Waals surface area contributed by atoms with Gasteiger partial charge in [-0.2, -0.15) is 13.2 Å². The highest BCUT2D eigenvalue weighted by Crippen LogP contribution is 2.31. The fraction of sp³-hybridized carbons (Fsp3) is 0.444. The summed E-state index contributed by atoms with van der Waals surface area (Å²) >= 11 is 0. The summed E-state index contributed by atoms with van der Waals surface area (Å²) < 4.78 is 80.2. The Morgan fingerprint density at radius 1 is 1.04 bits per heavy atom. The van der Waals surface area contributed by atoms with Gasteiger partial charge in [0.1, 0.15) is 5.75 Å². The number of fused-ring (bicyclic) bond motifs is 1. The number of anilines is 2. The fourth-order valence-electron chi connectivity index (χ4n) is 5.58. The Bertz CT molecular complexity index is 1730. The standard InChI is InChI=1S/C36H45F3N4O7S/c1-24-21-43(25(2)23-44)34(45)31-20-29(41-51(47,48)30-11-6-5-7-12-30)17-18-32(31)50-26(3)10-8-9-19-49-33(24)22-42(4)35(46)40-28-15-13-27(14-16-28)36(37,38)39/h5-7,11-18,20,24-26,33,41,44H,8-10,19,21-23H2,1-4H3,(H,40,46)/t24-,25+,26+,33+/m1/s1. The Balaban J connectivity index is 1.59. The molecule has 0 saturated heterocycles. The number of nitrogens with one attached hydrogen (secondary N) is 2. The van der Waals surface area contributed by atoms with Crippen LogP contribution in [0.5, 0.6) is 5.75 Å². The number of carbonyl (C=O) groups excluding carboxylic acids is 2. The number of amides is 3. The van der Waals surface area contributed by atoms with Gasteiger partial charge in [0, 0.05) is 44.0 Å². The van der Waals surface area contributed by atoms with Crippen LogP contribution in [0.3, 0.4) is 0 Å². The summed E-state index contributed by atoms with van der Waals surface area (Å²) in [7, 11) is -2.43. The molecule has 4 rings (SSSR count). The molecular weight excluding hydrogens is 689 g/mol. The van der Waals surface area contributed by atoms with Gasteiger partial charge in [-0.1, -0.05) is 25.1 Å². The number of rotatable bonds is 8. The van der Waals surface area contributed by atoms with Crippen LogP contribution in [-0.4, -0.2) is 86.9 Å². The third kappa shape index (κ3) is 10.8. The molecule has 0 aromatic heterocycles. The van der Waals surface area contributed by atoms with Gasteiger partial charge >= 0.3 is 12.2 Å². The van der Waals surface area contributed by atoms with E-state index >= 15 is 0 Å². The molecule has 0 spiro atoms. The lowest BCUT2D eigenvalue weighted by atomic mass is 10.0. The van der Waals surface area contributed by atoms with Gasteiger partial charge in [0.15, 0.2) is 0 Å². The molecule has 0 bridgehead atoms. The Kier molecular flexibility index (Phi) is 13.3. The van der Waals surface area contributed by atoms with Crippen molar-refractivity contribution >= 4 is 33.3 Å². The molecule has 3 N–H and O–H groups in total. The third-order valence-corrected chi connectivity index (χ3v) is 10.0. The van der Waals surface area contributed by atoms with Gasteiger partial charge in [0.2, 0.25) is 0 Å². The van der Waals surface area contributed by atoms with Crippen LogP contribution in [0.25, 0.3) is 0 Å². The van der Waals surface area contributed by atoms with Gasteiger partial charge < -0.3 is 29.7 Å². The molecule has 0 radical (unpaired) electrons. The van der Waals surface area contributed by atoms with E-state index in [0.717, 1.165) is 18.6 Å². The topological polar surface area (TPSA) is 138 Å². The number of ether oxygens (including phenoxy) is 2. The van der Waals surface area contributed by atoms with Crippen LogP contribution in [0.2, 0.25) is 0 Å². The van der Waals surface area contributed by atoms with E-state index in [1.54, 1.807) is 31.2 Å². The van der Waals surface area contributed by atoms with Crippen LogP contribution >= 0.6 is 0 Å². The summed E-state index contributed by atoms with van der Waals surface area (Å²) in [6, 6.07) is 15.2. The lowest BCUT2D eigenvalue weighted by Crippen LogP contribution is -2.48. The number of aliphatic hydroxyl groups excluding tert-OH is 1. The third-order valence-electron chi connectivity index (χ3n) is 8.62. The molecule has 3 aromatic carbocycles. The van der Waals surface area contributed by atoms with E-state index in [4.69, 9.17) is 9.47 Å². The molecule has 1 aliphatic heterocycles. The monoisotopic (exact) mass is 734 g/mol. The van der Waals surface area contributed by atoms with Gasteiger partial charge in [-0.25, -0.2) is 13.2 Å². The molecule has 1 aliphatic rings. The van der Waals surface area contributed by atoms with Crippen molar-refractivity contribution in [2.45, 2.75) is 69.4 Å². The van der Waals surface area contributed by atoms with Crippen molar-refractivity contribution in [1.82, 2.24) is 9.80 Å². The lowest BCUT2D eigenvalue weighted by molar-refractivity contribution is -0.137. The Morgan fingerprint density at radius 2 is 1.71 bits per heavy atom. The number of benzene rings is 3. The van der Waals surface area contributed by atoms with Crippen molar-refractivity contribution in [3.05, 3.63) is 83.9 Å². The first-order valence-corrected chi connectivity index (χ1v) is 18.2.